The quantitative estimate of drug-likeness (QED) is 0.507. The van der Waals surface area contributed by atoms with E-state index < -0.39 is 11.9 Å². The van der Waals surface area contributed by atoms with Crippen molar-refractivity contribution in [3.63, 3.8) is 0 Å². The molecule has 0 saturated carbocycles. The molecular formula is C20H17N3O5. The number of ether oxygens (including phenoxy) is 2. The molecule has 1 aromatic heterocycles. The van der Waals surface area contributed by atoms with E-state index in [1.54, 1.807) is 48.5 Å². The van der Waals surface area contributed by atoms with Crippen molar-refractivity contribution < 1.29 is 23.9 Å². The molecule has 28 heavy (non-hydrogen) atoms. The van der Waals surface area contributed by atoms with E-state index in [9.17, 15) is 14.4 Å². The van der Waals surface area contributed by atoms with Gasteiger partial charge < -0.3 is 9.47 Å². The normalized spacial score (nSPS) is 10.4. The minimum atomic E-state index is -0.417. The highest BCUT2D eigenvalue weighted by molar-refractivity contribution is 5.81. The van der Waals surface area contributed by atoms with Gasteiger partial charge in [-0.1, -0.05) is 0 Å². The van der Waals surface area contributed by atoms with Crippen molar-refractivity contribution in [1.82, 2.24) is 14.8 Å². The van der Waals surface area contributed by atoms with Gasteiger partial charge in [-0.2, -0.15) is 4.68 Å². The summed E-state index contributed by atoms with van der Waals surface area (Å²) in [6.07, 6.45) is 0. The lowest BCUT2D eigenvalue weighted by Crippen LogP contribution is -2.09. The van der Waals surface area contributed by atoms with Crippen molar-refractivity contribution in [3.05, 3.63) is 48.5 Å². The molecule has 0 amide bonds. The van der Waals surface area contributed by atoms with Crippen molar-refractivity contribution >= 4 is 17.8 Å². The maximum atomic E-state index is 12.0. The van der Waals surface area contributed by atoms with E-state index in [0.717, 1.165) is 0 Å². The number of hydrogen-bond donors (Lipinski definition) is 0. The molecule has 0 atom stereocenters. The van der Waals surface area contributed by atoms with Crippen molar-refractivity contribution in [1.29, 1.82) is 0 Å². The first-order valence-electron chi connectivity index (χ1n) is 8.39. The number of nitrogens with zero attached hydrogens (tertiary/aromatic N) is 3. The molecule has 0 saturated heterocycles. The summed E-state index contributed by atoms with van der Waals surface area (Å²) in [4.78, 5) is 38.5. The van der Waals surface area contributed by atoms with Gasteiger partial charge in [-0.25, -0.2) is 4.98 Å². The second-order valence-corrected chi connectivity index (χ2v) is 5.93. The summed E-state index contributed by atoms with van der Waals surface area (Å²) in [5.74, 6) is 0.388. The van der Waals surface area contributed by atoms with E-state index in [4.69, 9.17) is 9.47 Å². The largest absolute Gasteiger partial charge is 0.427 e. The van der Waals surface area contributed by atoms with Crippen molar-refractivity contribution in [2.75, 3.05) is 0 Å². The Kier molecular flexibility index (Phi) is 5.30. The average Bonchev–Trinajstić information content (AvgIpc) is 3.08. The predicted octanol–water partition coefficient (Wildman–Crippen LogP) is 3.12. The van der Waals surface area contributed by atoms with Crippen LogP contribution in [0.25, 0.3) is 22.8 Å². The SMILES string of the molecule is CC(=O)Oc1ccc(-c2nc(-c3ccc(OC(C)=O)cc3)n(C(C)=O)n2)cc1. The molecule has 3 rings (SSSR count). The van der Waals surface area contributed by atoms with Crippen LogP contribution >= 0.6 is 0 Å². The van der Waals surface area contributed by atoms with Gasteiger partial charge in [0, 0.05) is 31.9 Å². The second-order valence-electron chi connectivity index (χ2n) is 5.93. The molecule has 0 aliphatic heterocycles. The van der Waals surface area contributed by atoms with Crippen LogP contribution in [0.2, 0.25) is 0 Å². The van der Waals surface area contributed by atoms with Crippen molar-refractivity contribution in [2.45, 2.75) is 20.8 Å². The Balaban J connectivity index is 1.95. The highest BCUT2D eigenvalue weighted by atomic mass is 16.5. The predicted molar refractivity (Wildman–Crippen MR) is 99.8 cm³/mol. The Morgan fingerprint density at radius 1 is 0.750 bits per heavy atom. The van der Waals surface area contributed by atoms with Gasteiger partial charge in [-0.15, -0.1) is 5.10 Å². The lowest BCUT2D eigenvalue weighted by atomic mass is 10.2. The molecule has 1 heterocycles. The molecule has 0 radical (unpaired) electrons. The second kappa shape index (κ2) is 7.83. The molecule has 8 heteroatoms. The molecule has 0 fully saturated rings. The number of carbonyl (C=O) groups is 3. The van der Waals surface area contributed by atoms with Gasteiger partial charge in [-0.3, -0.25) is 14.4 Å². The summed E-state index contributed by atoms with van der Waals surface area (Å²) in [5.41, 5.74) is 1.30. The van der Waals surface area contributed by atoms with E-state index in [-0.39, 0.29) is 5.91 Å². The highest BCUT2D eigenvalue weighted by Crippen LogP contribution is 2.26. The molecule has 0 aliphatic rings. The lowest BCUT2D eigenvalue weighted by Gasteiger charge is -2.04. The Hall–Kier alpha value is -3.81. The van der Waals surface area contributed by atoms with E-state index in [0.29, 0.717) is 34.3 Å². The molecular weight excluding hydrogens is 362 g/mol. The van der Waals surface area contributed by atoms with Crippen LogP contribution in [0.15, 0.2) is 48.5 Å². The summed E-state index contributed by atoms with van der Waals surface area (Å²) >= 11 is 0. The van der Waals surface area contributed by atoms with Crippen LogP contribution in [0.3, 0.4) is 0 Å². The first-order chi connectivity index (χ1) is 13.3. The number of benzene rings is 2. The van der Waals surface area contributed by atoms with Gasteiger partial charge in [0.15, 0.2) is 11.6 Å². The summed E-state index contributed by atoms with van der Waals surface area (Å²) in [6, 6.07) is 13.3. The number of rotatable bonds is 4. The molecule has 0 aliphatic carbocycles. The first-order valence-corrected chi connectivity index (χ1v) is 8.39. The monoisotopic (exact) mass is 379 g/mol. The van der Waals surface area contributed by atoms with Crippen LogP contribution in [-0.2, 0) is 9.59 Å². The summed E-state index contributed by atoms with van der Waals surface area (Å²) in [5, 5.41) is 4.28. The number of aromatic nitrogens is 3. The molecule has 3 aromatic rings. The number of carbonyl (C=O) groups excluding carboxylic acids is 3. The maximum absolute atomic E-state index is 12.0. The summed E-state index contributed by atoms with van der Waals surface area (Å²) in [6.45, 7) is 4.03. The van der Waals surface area contributed by atoms with Gasteiger partial charge >= 0.3 is 11.9 Å². The summed E-state index contributed by atoms with van der Waals surface area (Å²) in [7, 11) is 0. The summed E-state index contributed by atoms with van der Waals surface area (Å²) < 4.78 is 11.2. The van der Waals surface area contributed by atoms with Gasteiger partial charge in [0.2, 0.25) is 5.91 Å². The van der Waals surface area contributed by atoms with Crippen LogP contribution in [0.1, 0.15) is 25.6 Å². The number of esters is 2. The third-order valence-electron chi connectivity index (χ3n) is 3.65. The van der Waals surface area contributed by atoms with E-state index in [1.807, 2.05) is 0 Å². The zero-order valence-electron chi connectivity index (χ0n) is 15.5. The molecule has 8 nitrogen and oxygen atoms in total. The Labute approximate surface area is 160 Å². The van der Waals surface area contributed by atoms with Crippen molar-refractivity contribution in [3.8, 4) is 34.3 Å². The van der Waals surface area contributed by atoms with Gasteiger partial charge in [0.05, 0.1) is 0 Å². The molecule has 0 bridgehead atoms. The van der Waals surface area contributed by atoms with Crippen LogP contribution < -0.4 is 9.47 Å². The van der Waals surface area contributed by atoms with Crippen LogP contribution in [0.5, 0.6) is 11.5 Å². The zero-order valence-corrected chi connectivity index (χ0v) is 15.5. The fourth-order valence-corrected chi connectivity index (χ4v) is 2.52. The zero-order chi connectivity index (χ0) is 20.3. The molecule has 0 unspecified atom stereocenters. The van der Waals surface area contributed by atoms with Crippen molar-refractivity contribution in [2.24, 2.45) is 0 Å². The average molecular weight is 379 g/mol. The molecule has 0 spiro atoms. The fraction of sp³-hybridized carbons (Fsp3) is 0.150. The van der Waals surface area contributed by atoms with Crippen LogP contribution in [0.4, 0.5) is 0 Å². The van der Waals surface area contributed by atoms with Crippen LogP contribution in [-0.4, -0.2) is 32.6 Å². The Morgan fingerprint density at radius 3 is 1.64 bits per heavy atom. The molecule has 142 valence electrons. The molecule has 0 N–H and O–H groups in total. The maximum Gasteiger partial charge on any atom is 0.308 e. The lowest BCUT2D eigenvalue weighted by molar-refractivity contribution is -0.132. The highest BCUT2D eigenvalue weighted by Gasteiger charge is 2.16. The fourth-order valence-electron chi connectivity index (χ4n) is 2.52. The van der Waals surface area contributed by atoms with Crippen LogP contribution in [0, 0.1) is 0 Å². The first kappa shape index (κ1) is 19.0. The van der Waals surface area contributed by atoms with Gasteiger partial charge in [0.25, 0.3) is 0 Å². The number of hydrogen-bond acceptors (Lipinski definition) is 7. The van der Waals surface area contributed by atoms with Gasteiger partial charge in [0.1, 0.15) is 11.5 Å². The Morgan fingerprint density at radius 2 is 1.21 bits per heavy atom. The minimum Gasteiger partial charge on any atom is -0.427 e. The van der Waals surface area contributed by atoms with E-state index >= 15 is 0 Å². The standard InChI is InChI=1S/C20H17N3O5/c1-12(24)23-20(16-6-10-18(11-7-16)28-14(3)26)21-19(22-23)15-4-8-17(9-5-15)27-13(2)25/h4-11H,1-3H3. The van der Waals surface area contributed by atoms with E-state index in [2.05, 4.69) is 10.1 Å². The smallest absolute Gasteiger partial charge is 0.308 e. The minimum absolute atomic E-state index is 0.297. The third kappa shape index (κ3) is 4.29. The molecule has 2 aromatic carbocycles. The Bertz CT molecular complexity index is 1040. The topological polar surface area (TPSA) is 100 Å². The van der Waals surface area contributed by atoms with Gasteiger partial charge in [-0.05, 0) is 48.5 Å². The third-order valence-corrected chi connectivity index (χ3v) is 3.65. The van der Waals surface area contributed by atoms with E-state index in [1.165, 1.54) is 25.5 Å².